The minimum Gasteiger partial charge on any atom is -0.481 e. The van der Waals surface area contributed by atoms with Crippen molar-refractivity contribution in [2.75, 3.05) is 19.6 Å². The lowest BCUT2D eigenvalue weighted by molar-refractivity contribution is -0.138. The number of alkyl halides is 3. The van der Waals surface area contributed by atoms with E-state index in [-0.39, 0.29) is 24.9 Å². The molecule has 1 unspecified atom stereocenters. The van der Waals surface area contributed by atoms with Crippen LogP contribution in [0.4, 0.5) is 18.0 Å². The van der Waals surface area contributed by atoms with E-state index in [4.69, 9.17) is 5.11 Å². The normalized spacial score (nSPS) is 18.3. The van der Waals surface area contributed by atoms with Crippen LogP contribution in [0.1, 0.15) is 36.3 Å². The van der Waals surface area contributed by atoms with Gasteiger partial charge >= 0.3 is 18.2 Å². The van der Waals surface area contributed by atoms with Crippen molar-refractivity contribution in [2.45, 2.75) is 31.4 Å². The third kappa shape index (κ3) is 4.87. The van der Waals surface area contributed by atoms with E-state index >= 15 is 0 Å². The summed E-state index contributed by atoms with van der Waals surface area (Å²) in [5, 5.41) is 11.1. The number of likely N-dealkylation sites (tertiary alicyclic amines) is 1. The number of hydrogen-bond donors (Lipinski definition) is 2. The van der Waals surface area contributed by atoms with Crippen molar-refractivity contribution < 1.29 is 27.9 Å². The van der Waals surface area contributed by atoms with E-state index < -0.39 is 17.7 Å². The first-order chi connectivity index (χ1) is 11.3. The quantitative estimate of drug-likeness (QED) is 0.882. The fourth-order valence-corrected chi connectivity index (χ4v) is 2.79. The van der Waals surface area contributed by atoms with Crippen LogP contribution in [0, 0.1) is 0 Å². The van der Waals surface area contributed by atoms with Crippen molar-refractivity contribution in [3.05, 3.63) is 35.4 Å². The van der Waals surface area contributed by atoms with Gasteiger partial charge in [-0.3, -0.25) is 4.79 Å². The number of amides is 2. The lowest BCUT2D eigenvalue weighted by atomic mass is 9.90. The third-order valence-electron chi connectivity index (χ3n) is 4.01. The summed E-state index contributed by atoms with van der Waals surface area (Å²) in [6.07, 6.45) is -3.16. The maximum absolute atomic E-state index is 12.8. The minimum atomic E-state index is -4.39. The summed E-state index contributed by atoms with van der Waals surface area (Å²) >= 11 is 0. The zero-order valence-corrected chi connectivity index (χ0v) is 13.0. The molecule has 1 aromatic rings. The zero-order valence-electron chi connectivity index (χ0n) is 13.0. The predicted molar refractivity (Wildman–Crippen MR) is 80.6 cm³/mol. The number of nitrogens with zero attached hydrogens (tertiary/aromatic N) is 1. The van der Waals surface area contributed by atoms with E-state index in [0.29, 0.717) is 31.5 Å². The lowest BCUT2D eigenvalue weighted by Gasteiger charge is -2.33. The molecule has 2 rings (SSSR count). The van der Waals surface area contributed by atoms with Crippen LogP contribution in [-0.2, 0) is 11.0 Å². The van der Waals surface area contributed by atoms with Crippen LogP contribution >= 0.6 is 0 Å². The van der Waals surface area contributed by atoms with E-state index in [2.05, 4.69) is 5.32 Å². The maximum Gasteiger partial charge on any atom is 0.416 e. The Balaban J connectivity index is 2.00. The highest BCUT2D eigenvalue weighted by molar-refractivity contribution is 5.75. The summed E-state index contributed by atoms with van der Waals surface area (Å²) in [5.74, 6) is -1.16. The largest absolute Gasteiger partial charge is 0.481 e. The van der Waals surface area contributed by atoms with Crippen LogP contribution in [0.2, 0.25) is 0 Å². The van der Waals surface area contributed by atoms with Gasteiger partial charge in [-0.15, -0.1) is 0 Å². The minimum absolute atomic E-state index is 0.0267. The molecule has 8 heteroatoms. The monoisotopic (exact) mass is 344 g/mol. The van der Waals surface area contributed by atoms with Gasteiger partial charge in [0.05, 0.1) is 12.0 Å². The molecule has 1 saturated heterocycles. The number of urea groups is 1. The van der Waals surface area contributed by atoms with Crippen LogP contribution in [0.5, 0.6) is 0 Å². The van der Waals surface area contributed by atoms with Crippen LogP contribution in [0.25, 0.3) is 0 Å². The van der Waals surface area contributed by atoms with Gasteiger partial charge in [-0.1, -0.05) is 18.2 Å². The molecule has 1 aromatic carbocycles. The molecule has 0 aromatic heterocycles. The molecular weight excluding hydrogens is 325 g/mol. The number of hydrogen-bond acceptors (Lipinski definition) is 2. The molecule has 0 aliphatic carbocycles. The van der Waals surface area contributed by atoms with E-state index in [9.17, 15) is 22.8 Å². The SMILES string of the molecule is O=C(O)CCNC(=O)N1CCCC(c2cccc(C(F)(F)F)c2)C1. The molecule has 1 fully saturated rings. The predicted octanol–water partition coefficient (Wildman–Crippen LogP) is 3.07. The van der Waals surface area contributed by atoms with E-state index in [1.54, 1.807) is 6.07 Å². The molecule has 2 N–H and O–H groups in total. The summed E-state index contributed by atoms with van der Waals surface area (Å²) in [6.45, 7) is 0.855. The van der Waals surface area contributed by atoms with Crippen LogP contribution in [-0.4, -0.2) is 41.6 Å². The van der Waals surface area contributed by atoms with Gasteiger partial charge in [-0.05, 0) is 24.5 Å². The van der Waals surface area contributed by atoms with Crippen LogP contribution < -0.4 is 5.32 Å². The molecular formula is C16H19F3N2O3. The molecule has 24 heavy (non-hydrogen) atoms. The Labute approximate surface area is 137 Å². The highest BCUT2D eigenvalue weighted by Crippen LogP contribution is 2.33. The van der Waals surface area contributed by atoms with Crippen LogP contribution in [0.3, 0.4) is 0 Å². The first kappa shape index (κ1) is 18.1. The molecule has 1 aliphatic heterocycles. The van der Waals surface area contributed by atoms with Crippen molar-refractivity contribution in [3.63, 3.8) is 0 Å². The molecule has 0 spiro atoms. The second-order valence-electron chi connectivity index (χ2n) is 5.78. The maximum atomic E-state index is 12.8. The highest BCUT2D eigenvalue weighted by Gasteiger charge is 2.32. The lowest BCUT2D eigenvalue weighted by Crippen LogP contribution is -2.45. The van der Waals surface area contributed by atoms with Crippen LogP contribution in [0.15, 0.2) is 24.3 Å². The summed E-state index contributed by atoms with van der Waals surface area (Å²) in [5.41, 5.74) is -0.129. The summed E-state index contributed by atoms with van der Waals surface area (Å²) in [4.78, 5) is 24.0. The number of aliphatic carboxylic acids is 1. The van der Waals surface area contributed by atoms with E-state index in [1.807, 2.05) is 0 Å². The number of carboxylic acid groups (broad SMARTS) is 1. The Hall–Kier alpha value is -2.25. The Kier molecular flexibility index (Phi) is 5.69. The van der Waals surface area contributed by atoms with Crippen molar-refractivity contribution in [1.29, 1.82) is 0 Å². The Bertz CT molecular complexity index is 604. The summed E-state index contributed by atoms with van der Waals surface area (Å²) in [6, 6.07) is 4.81. The second kappa shape index (κ2) is 7.55. The summed E-state index contributed by atoms with van der Waals surface area (Å²) in [7, 11) is 0. The fraction of sp³-hybridized carbons (Fsp3) is 0.500. The number of carbonyl (C=O) groups excluding carboxylic acids is 1. The molecule has 1 heterocycles. The van der Waals surface area contributed by atoms with Gasteiger partial charge in [0.2, 0.25) is 0 Å². The molecule has 132 valence electrons. The van der Waals surface area contributed by atoms with E-state index in [1.165, 1.54) is 11.0 Å². The molecule has 0 bridgehead atoms. The van der Waals surface area contributed by atoms with Crippen molar-refractivity contribution in [2.24, 2.45) is 0 Å². The first-order valence-corrected chi connectivity index (χ1v) is 7.69. The Morgan fingerprint density at radius 1 is 1.33 bits per heavy atom. The van der Waals surface area contributed by atoms with Gasteiger partial charge in [0.25, 0.3) is 0 Å². The molecule has 1 atom stereocenters. The standard InChI is InChI=1S/C16H19F3N2O3/c17-16(18,19)13-5-1-3-11(9-13)12-4-2-8-21(10-12)15(24)20-7-6-14(22)23/h1,3,5,9,12H,2,4,6-8,10H2,(H,20,24)(H,22,23). The fourth-order valence-electron chi connectivity index (χ4n) is 2.79. The van der Waals surface area contributed by atoms with Crippen molar-refractivity contribution >= 4 is 12.0 Å². The second-order valence-corrected chi connectivity index (χ2v) is 5.78. The van der Waals surface area contributed by atoms with Gasteiger partial charge in [-0.25, -0.2) is 4.79 Å². The van der Waals surface area contributed by atoms with Gasteiger partial charge in [0.1, 0.15) is 0 Å². The average Bonchev–Trinajstić information content (AvgIpc) is 2.54. The first-order valence-electron chi connectivity index (χ1n) is 7.69. The Morgan fingerprint density at radius 2 is 2.08 bits per heavy atom. The number of carbonyl (C=O) groups is 2. The highest BCUT2D eigenvalue weighted by atomic mass is 19.4. The van der Waals surface area contributed by atoms with Gasteiger partial charge < -0.3 is 15.3 Å². The topological polar surface area (TPSA) is 69.6 Å². The number of benzene rings is 1. The number of nitrogens with one attached hydrogen (secondary N) is 1. The molecule has 0 saturated carbocycles. The Morgan fingerprint density at radius 3 is 2.75 bits per heavy atom. The number of carboxylic acids is 1. The smallest absolute Gasteiger partial charge is 0.416 e. The van der Waals surface area contributed by atoms with Gasteiger partial charge in [-0.2, -0.15) is 13.2 Å². The van der Waals surface area contributed by atoms with Gasteiger partial charge in [0.15, 0.2) is 0 Å². The number of halogens is 3. The van der Waals surface area contributed by atoms with Crippen molar-refractivity contribution in [3.8, 4) is 0 Å². The van der Waals surface area contributed by atoms with Crippen molar-refractivity contribution in [1.82, 2.24) is 10.2 Å². The molecule has 0 radical (unpaired) electrons. The van der Waals surface area contributed by atoms with E-state index in [0.717, 1.165) is 12.1 Å². The third-order valence-corrected chi connectivity index (χ3v) is 4.01. The average molecular weight is 344 g/mol. The zero-order chi connectivity index (χ0) is 17.7. The van der Waals surface area contributed by atoms with Gasteiger partial charge in [0, 0.05) is 25.6 Å². The number of piperidine rings is 1. The summed E-state index contributed by atoms with van der Waals surface area (Å²) < 4.78 is 38.5. The molecule has 2 amide bonds. The molecule has 5 nitrogen and oxygen atoms in total. The molecule has 1 aliphatic rings. The number of rotatable bonds is 4.